The van der Waals surface area contributed by atoms with Gasteiger partial charge in [0, 0.05) is 0 Å². The zero-order valence-electron chi connectivity index (χ0n) is 13.9. The second-order valence-corrected chi connectivity index (χ2v) is 5.75. The van der Waals surface area contributed by atoms with Crippen molar-refractivity contribution in [3.63, 3.8) is 0 Å². The van der Waals surface area contributed by atoms with E-state index in [0.29, 0.717) is 16.7 Å². The van der Waals surface area contributed by atoms with Crippen LogP contribution < -0.4 is 0 Å². The second-order valence-electron chi connectivity index (χ2n) is 5.75. The van der Waals surface area contributed by atoms with E-state index in [1.54, 1.807) is 37.3 Å². The first-order chi connectivity index (χ1) is 12.0. The SMILES string of the molecule is COC(=O)C(/C(C)=C/c1ccccc1)N1C(=O)c2ccccc2C1=O. The zero-order chi connectivity index (χ0) is 18.0. The van der Waals surface area contributed by atoms with Gasteiger partial charge in [-0.3, -0.25) is 14.5 Å². The van der Waals surface area contributed by atoms with Gasteiger partial charge in [0.15, 0.2) is 6.04 Å². The Morgan fingerprint density at radius 3 is 2.00 bits per heavy atom. The van der Waals surface area contributed by atoms with Crippen LogP contribution in [0.5, 0.6) is 0 Å². The highest BCUT2D eigenvalue weighted by molar-refractivity contribution is 6.23. The van der Waals surface area contributed by atoms with E-state index in [2.05, 4.69) is 0 Å². The summed E-state index contributed by atoms with van der Waals surface area (Å²) in [5.74, 6) is -1.63. The number of hydrogen-bond donors (Lipinski definition) is 0. The lowest BCUT2D eigenvalue weighted by molar-refractivity contribution is -0.143. The van der Waals surface area contributed by atoms with Gasteiger partial charge < -0.3 is 4.74 Å². The van der Waals surface area contributed by atoms with Crippen LogP contribution in [0, 0.1) is 0 Å². The third-order valence-electron chi connectivity index (χ3n) is 4.13. The molecule has 2 aromatic carbocycles. The lowest BCUT2D eigenvalue weighted by Gasteiger charge is -2.24. The Hall–Kier alpha value is -3.21. The number of carbonyl (C=O) groups excluding carboxylic acids is 3. The molecule has 5 nitrogen and oxygen atoms in total. The van der Waals surface area contributed by atoms with E-state index in [1.807, 2.05) is 30.3 Å². The summed E-state index contributed by atoms with van der Waals surface area (Å²) in [4.78, 5) is 38.7. The van der Waals surface area contributed by atoms with Crippen LogP contribution in [0.4, 0.5) is 0 Å². The summed E-state index contributed by atoms with van der Waals surface area (Å²) in [7, 11) is 1.24. The first-order valence-electron chi connectivity index (χ1n) is 7.82. The van der Waals surface area contributed by atoms with Gasteiger partial charge in [-0.05, 0) is 30.2 Å². The maximum atomic E-state index is 12.7. The summed E-state index contributed by atoms with van der Waals surface area (Å²) in [6.07, 6.45) is 1.77. The normalized spacial score (nSPS) is 15.1. The van der Waals surface area contributed by atoms with Crippen LogP contribution in [-0.2, 0) is 9.53 Å². The van der Waals surface area contributed by atoms with Gasteiger partial charge in [-0.15, -0.1) is 0 Å². The first kappa shape index (κ1) is 16.6. The number of hydrogen-bond acceptors (Lipinski definition) is 4. The number of carbonyl (C=O) groups is 3. The number of benzene rings is 2. The number of amides is 2. The Kier molecular flexibility index (Phi) is 4.48. The van der Waals surface area contributed by atoms with Gasteiger partial charge in [-0.1, -0.05) is 48.5 Å². The fraction of sp³-hybridized carbons (Fsp3) is 0.150. The smallest absolute Gasteiger partial charge is 0.333 e. The van der Waals surface area contributed by atoms with Crippen molar-refractivity contribution < 1.29 is 19.1 Å². The predicted octanol–water partition coefficient (Wildman–Crippen LogP) is 2.93. The molecule has 0 fully saturated rings. The van der Waals surface area contributed by atoms with E-state index in [4.69, 9.17) is 4.74 Å². The highest BCUT2D eigenvalue weighted by atomic mass is 16.5. The quantitative estimate of drug-likeness (QED) is 0.636. The summed E-state index contributed by atoms with van der Waals surface area (Å²) in [6.45, 7) is 1.71. The molecule has 0 aromatic heterocycles. The number of fused-ring (bicyclic) bond motifs is 1. The van der Waals surface area contributed by atoms with E-state index in [9.17, 15) is 14.4 Å². The molecule has 0 aliphatic carbocycles. The van der Waals surface area contributed by atoms with Gasteiger partial charge in [0.25, 0.3) is 11.8 Å². The molecule has 1 aliphatic heterocycles. The molecule has 5 heteroatoms. The van der Waals surface area contributed by atoms with Crippen molar-refractivity contribution in [2.45, 2.75) is 13.0 Å². The number of imide groups is 1. The van der Waals surface area contributed by atoms with Gasteiger partial charge in [0.05, 0.1) is 18.2 Å². The van der Waals surface area contributed by atoms with Crippen LogP contribution >= 0.6 is 0 Å². The lowest BCUT2D eigenvalue weighted by atomic mass is 10.0. The van der Waals surface area contributed by atoms with Crippen LogP contribution in [0.3, 0.4) is 0 Å². The van der Waals surface area contributed by atoms with E-state index in [1.165, 1.54) is 7.11 Å². The Balaban J connectivity index is 2.03. The van der Waals surface area contributed by atoms with Crippen molar-refractivity contribution >= 4 is 23.9 Å². The van der Waals surface area contributed by atoms with Crippen LogP contribution in [0.1, 0.15) is 33.2 Å². The second kappa shape index (κ2) is 6.73. The minimum absolute atomic E-state index is 0.300. The van der Waals surface area contributed by atoms with Crippen molar-refractivity contribution in [1.29, 1.82) is 0 Å². The topological polar surface area (TPSA) is 63.7 Å². The van der Waals surface area contributed by atoms with Gasteiger partial charge in [0.2, 0.25) is 0 Å². The minimum Gasteiger partial charge on any atom is -0.467 e. The molecule has 1 heterocycles. The molecule has 25 heavy (non-hydrogen) atoms. The van der Waals surface area contributed by atoms with Crippen LogP contribution in [0.25, 0.3) is 6.08 Å². The van der Waals surface area contributed by atoms with Crippen molar-refractivity contribution in [2.24, 2.45) is 0 Å². The molecule has 1 atom stereocenters. The minimum atomic E-state index is -1.10. The van der Waals surface area contributed by atoms with Gasteiger partial charge in [-0.2, -0.15) is 0 Å². The molecule has 0 spiro atoms. The molecular weight excluding hydrogens is 318 g/mol. The van der Waals surface area contributed by atoms with Crippen molar-refractivity contribution in [3.05, 3.63) is 76.9 Å². The number of ether oxygens (including phenoxy) is 1. The molecule has 0 bridgehead atoms. The molecule has 2 amide bonds. The number of nitrogens with zero attached hydrogens (tertiary/aromatic N) is 1. The standard InChI is InChI=1S/C20H17NO4/c1-13(12-14-8-4-3-5-9-14)17(20(24)25-2)21-18(22)15-10-6-7-11-16(15)19(21)23/h3-12,17H,1-2H3/b13-12+. The predicted molar refractivity (Wildman–Crippen MR) is 92.8 cm³/mol. The van der Waals surface area contributed by atoms with Crippen LogP contribution in [-0.4, -0.2) is 35.8 Å². The van der Waals surface area contributed by atoms with E-state index >= 15 is 0 Å². The Labute approximate surface area is 145 Å². The summed E-state index contributed by atoms with van der Waals surface area (Å²) in [5, 5.41) is 0. The number of methoxy groups -OCH3 is 1. The fourth-order valence-corrected chi connectivity index (χ4v) is 2.94. The largest absolute Gasteiger partial charge is 0.467 e. The highest BCUT2D eigenvalue weighted by Gasteiger charge is 2.43. The molecular formula is C20H17NO4. The molecule has 0 saturated heterocycles. The molecule has 126 valence electrons. The average Bonchev–Trinajstić information content (AvgIpc) is 2.88. The molecule has 0 radical (unpaired) electrons. The Morgan fingerprint density at radius 2 is 1.48 bits per heavy atom. The third-order valence-corrected chi connectivity index (χ3v) is 4.13. The molecule has 0 N–H and O–H groups in total. The number of esters is 1. The maximum absolute atomic E-state index is 12.7. The summed E-state index contributed by atoms with van der Waals surface area (Å²) < 4.78 is 4.85. The third kappa shape index (κ3) is 2.96. The van der Waals surface area contributed by atoms with E-state index in [0.717, 1.165) is 10.5 Å². The number of rotatable bonds is 4. The van der Waals surface area contributed by atoms with Crippen molar-refractivity contribution in [3.8, 4) is 0 Å². The lowest BCUT2D eigenvalue weighted by Crippen LogP contribution is -2.46. The van der Waals surface area contributed by atoms with Crippen LogP contribution in [0.15, 0.2) is 60.2 Å². The highest BCUT2D eigenvalue weighted by Crippen LogP contribution is 2.28. The average molecular weight is 335 g/mol. The Bertz CT molecular complexity index is 835. The maximum Gasteiger partial charge on any atom is 0.333 e. The molecule has 3 rings (SSSR count). The van der Waals surface area contributed by atoms with E-state index in [-0.39, 0.29) is 0 Å². The summed E-state index contributed by atoms with van der Waals surface area (Å²) in [6, 6.07) is 14.8. The van der Waals surface area contributed by atoms with Gasteiger partial charge in [0.1, 0.15) is 0 Å². The summed E-state index contributed by atoms with van der Waals surface area (Å²) in [5.41, 5.74) is 2.01. The van der Waals surface area contributed by atoms with Gasteiger partial charge >= 0.3 is 5.97 Å². The molecule has 1 aliphatic rings. The van der Waals surface area contributed by atoms with E-state index < -0.39 is 23.8 Å². The van der Waals surface area contributed by atoms with Crippen molar-refractivity contribution in [2.75, 3.05) is 7.11 Å². The molecule has 1 unspecified atom stereocenters. The molecule has 2 aromatic rings. The van der Waals surface area contributed by atoms with Gasteiger partial charge in [-0.25, -0.2) is 4.79 Å². The first-order valence-corrected chi connectivity index (χ1v) is 7.82. The van der Waals surface area contributed by atoms with Crippen molar-refractivity contribution in [1.82, 2.24) is 4.90 Å². The molecule has 0 saturated carbocycles. The van der Waals surface area contributed by atoms with Crippen LogP contribution in [0.2, 0.25) is 0 Å². The zero-order valence-corrected chi connectivity index (χ0v) is 13.9. The monoisotopic (exact) mass is 335 g/mol. The summed E-state index contributed by atoms with van der Waals surface area (Å²) >= 11 is 0. The Morgan fingerprint density at radius 1 is 0.960 bits per heavy atom. The fourth-order valence-electron chi connectivity index (χ4n) is 2.94.